The third-order valence-corrected chi connectivity index (χ3v) is 6.28. The molecular weight excluding hydrogens is 490 g/mol. The summed E-state index contributed by atoms with van der Waals surface area (Å²) >= 11 is 0. The van der Waals surface area contributed by atoms with Gasteiger partial charge in [0.1, 0.15) is 18.4 Å². The van der Waals surface area contributed by atoms with Gasteiger partial charge in [0.15, 0.2) is 0 Å². The molecule has 35 heavy (non-hydrogen) atoms. The van der Waals surface area contributed by atoms with Crippen LogP contribution < -0.4 is 9.62 Å². The number of nitrogens with zero attached hydrogens (tertiary/aromatic N) is 2. The number of amides is 2. The van der Waals surface area contributed by atoms with Crippen LogP contribution in [0.2, 0.25) is 0 Å². The molecule has 0 aliphatic rings. The first kappa shape index (κ1) is 28.1. The first-order chi connectivity index (χ1) is 16.3. The van der Waals surface area contributed by atoms with E-state index in [1.807, 2.05) is 0 Å². The van der Waals surface area contributed by atoms with Crippen LogP contribution in [-0.4, -0.2) is 50.5 Å². The van der Waals surface area contributed by atoms with Crippen LogP contribution >= 0.6 is 0 Å². The van der Waals surface area contributed by atoms with Crippen LogP contribution in [-0.2, 0) is 32.3 Å². The van der Waals surface area contributed by atoms with Crippen molar-refractivity contribution < 1.29 is 35.6 Å². The Hall–Kier alpha value is -3.15. The molecule has 0 saturated carbocycles. The standard InChI is InChI=1S/C23H27F4N3O4S/c1-4-20(22(32)28-5-2)29(14-16-9-11-18(24)12-10-16)21(31)15-30(35(3,33)34)19-8-6-7-17(13-19)23(25,26)27/h6-13,20H,4-5,14-15H2,1-3H3,(H,28,32). The fraction of sp³-hybridized carbons (Fsp3) is 0.391. The highest BCUT2D eigenvalue weighted by molar-refractivity contribution is 7.92. The van der Waals surface area contributed by atoms with Crippen LogP contribution in [0.1, 0.15) is 31.4 Å². The second-order valence-electron chi connectivity index (χ2n) is 7.78. The van der Waals surface area contributed by atoms with E-state index < -0.39 is 52.0 Å². The molecule has 0 aliphatic heterocycles. The lowest BCUT2D eigenvalue weighted by Gasteiger charge is -2.33. The average molecular weight is 518 g/mol. The van der Waals surface area contributed by atoms with Gasteiger partial charge in [0, 0.05) is 13.1 Å². The lowest BCUT2D eigenvalue weighted by Crippen LogP contribution is -2.52. The van der Waals surface area contributed by atoms with Crippen LogP contribution in [0.4, 0.5) is 23.2 Å². The quantitative estimate of drug-likeness (QED) is 0.489. The van der Waals surface area contributed by atoms with Crippen LogP contribution in [0.3, 0.4) is 0 Å². The third-order valence-electron chi connectivity index (χ3n) is 5.14. The van der Waals surface area contributed by atoms with Gasteiger partial charge in [0.05, 0.1) is 17.5 Å². The van der Waals surface area contributed by atoms with E-state index in [0.29, 0.717) is 15.9 Å². The average Bonchev–Trinajstić information content (AvgIpc) is 2.77. The van der Waals surface area contributed by atoms with Gasteiger partial charge in [-0.15, -0.1) is 0 Å². The summed E-state index contributed by atoms with van der Waals surface area (Å²) in [6.07, 6.45) is -3.77. The van der Waals surface area contributed by atoms with E-state index in [0.717, 1.165) is 29.4 Å². The molecule has 1 N–H and O–H groups in total. The number of rotatable bonds is 10. The molecule has 2 aromatic rings. The fourth-order valence-corrected chi connectivity index (χ4v) is 4.29. The zero-order valence-corrected chi connectivity index (χ0v) is 20.3. The highest BCUT2D eigenvalue weighted by Gasteiger charge is 2.34. The molecule has 2 aromatic carbocycles. The fourth-order valence-electron chi connectivity index (χ4n) is 3.45. The zero-order valence-electron chi connectivity index (χ0n) is 19.5. The molecule has 12 heteroatoms. The van der Waals surface area contributed by atoms with E-state index in [4.69, 9.17) is 0 Å². The number of nitrogens with one attached hydrogen (secondary N) is 1. The third kappa shape index (κ3) is 7.67. The predicted octanol–water partition coefficient (Wildman–Crippen LogP) is 3.55. The topological polar surface area (TPSA) is 86.8 Å². The monoisotopic (exact) mass is 517 g/mol. The molecule has 0 aromatic heterocycles. The molecule has 0 bridgehead atoms. The van der Waals surface area contributed by atoms with Crippen molar-refractivity contribution in [2.75, 3.05) is 23.7 Å². The number of sulfonamides is 1. The van der Waals surface area contributed by atoms with Crippen molar-refractivity contribution in [3.63, 3.8) is 0 Å². The molecule has 0 spiro atoms. The first-order valence-electron chi connectivity index (χ1n) is 10.7. The number of anilines is 1. The van der Waals surface area contributed by atoms with Gasteiger partial charge in [-0.1, -0.05) is 25.1 Å². The van der Waals surface area contributed by atoms with E-state index >= 15 is 0 Å². The second kappa shape index (κ2) is 11.5. The second-order valence-corrected chi connectivity index (χ2v) is 9.69. The number of alkyl halides is 3. The first-order valence-corrected chi connectivity index (χ1v) is 12.6. The lowest BCUT2D eigenvalue weighted by molar-refractivity contribution is -0.140. The van der Waals surface area contributed by atoms with Crippen LogP contribution in [0.25, 0.3) is 0 Å². The Morgan fingerprint density at radius 1 is 1.06 bits per heavy atom. The van der Waals surface area contributed by atoms with Crippen molar-refractivity contribution in [2.45, 2.75) is 39.0 Å². The van der Waals surface area contributed by atoms with Gasteiger partial charge in [-0.3, -0.25) is 13.9 Å². The van der Waals surface area contributed by atoms with Gasteiger partial charge in [0.25, 0.3) is 0 Å². The Bertz CT molecular complexity index is 1140. The van der Waals surface area contributed by atoms with Crippen molar-refractivity contribution in [1.29, 1.82) is 0 Å². The Morgan fingerprint density at radius 3 is 2.20 bits per heavy atom. The van der Waals surface area contributed by atoms with E-state index in [1.165, 1.54) is 24.3 Å². The maximum atomic E-state index is 13.4. The Labute approximate surface area is 201 Å². The van der Waals surface area contributed by atoms with Gasteiger partial charge < -0.3 is 10.2 Å². The van der Waals surface area contributed by atoms with E-state index in [2.05, 4.69) is 5.32 Å². The molecule has 2 rings (SSSR count). The van der Waals surface area contributed by atoms with Gasteiger partial charge in [-0.25, -0.2) is 12.8 Å². The Morgan fingerprint density at radius 2 is 1.69 bits per heavy atom. The highest BCUT2D eigenvalue weighted by Crippen LogP contribution is 2.32. The minimum atomic E-state index is -4.72. The van der Waals surface area contributed by atoms with Gasteiger partial charge >= 0.3 is 6.18 Å². The summed E-state index contributed by atoms with van der Waals surface area (Å²) in [6, 6.07) is 7.81. The lowest BCUT2D eigenvalue weighted by atomic mass is 10.1. The maximum Gasteiger partial charge on any atom is 0.416 e. The van der Waals surface area contributed by atoms with Gasteiger partial charge in [-0.05, 0) is 49.2 Å². The summed E-state index contributed by atoms with van der Waals surface area (Å²) in [5.74, 6) is -1.79. The predicted molar refractivity (Wildman–Crippen MR) is 123 cm³/mol. The molecule has 192 valence electrons. The number of halogens is 4. The Balaban J connectivity index is 2.47. The zero-order chi connectivity index (χ0) is 26.4. The van der Waals surface area contributed by atoms with Gasteiger partial charge in [-0.2, -0.15) is 13.2 Å². The van der Waals surface area contributed by atoms with E-state index in [1.54, 1.807) is 13.8 Å². The number of carbonyl (C=O) groups excluding carboxylic acids is 2. The summed E-state index contributed by atoms with van der Waals surface area (Å²) in [5.41, 5.74) is -0.941. The molecule has 2 amide bonds. The summed E-state index contributed by atoms with van der Waals surface area (Å²) in [4.78, 5) is 27.2. The summed E-state index contributed by atoms with van der Waals surface area (Å²) < 4.78 is 78.4. The molecule has 1 unspecified atom stereocenters. The van der Waals surface area contributed by atoms with Crippen molar-refractivity contribution >= 4 is 27.5 Å². The normalized spacial score (nSPS) is 12.7. The number of hydrogen-bond donors (Lipinski definition) is 1. The molecule has 0 saturated heterocycles. The van der Waals surface area contributed by atoms with Crippen molar-refractivity contribution in [2.24, 2.45) is 0 Å². The maximum absolute atomic E-state index is 13.4. The SMILES string of the molecule is CCNC(=O)C(CC)N(Cc1ccc(F)cc1)C(=O)CN(c1cccc(C(F)(F)F)c1)S(C)(=O)=O. The molecule has 0 radical (unpaired) electrons. The molecule has 1 atom stereocenters. The van der Waals surface area contributed by atoms with Gasteiger partial charge in [0.2, 0.25) is 21.8 Å². The van der Waals surface area contributed by atoms with Crippen molar-refractivity contribution in [3.05, 3.63) is 65.5 Å². The minimum absolute atomic E-state index is 0.144. The van der Waals surface area contributed by atoms with Crippen LogP contribution in [0.15, 0.2) is 48.5 Å². The number of likely N-dealkylation sites (N-methyl/N-ethyl adjacent to an activating group) is 1. The summed E-state index contributed by atoms with van der Waals surface area (Å²) in [6.45, 7) is 2.65. The van der Waals surface area contributed by atoms with Crippen LogP contribution in [0.5, 0.6) is 0 Å². The summed E-state index contributed by atoms with van der Waals surface area (Å²) in [7, 11) is -4.18. The smallest absolute Gasteiger partial charge is 0.355 e. The molecule has 0 fully saturated rings. The van der Waals surface area contributed by atoms with Crippen molar-refractivity contribution in [1.82, 2.24) is 10.2 Å². The molecule has 7 nitrogen and oxygen atoms in total. The molecule has 0 heterocycles. The van der Waals surface area contributed by atoms with Crippen LogP contribution in [0, 0.1) is 5.82 Å². The Kier molecular flexibility index (Phi) is 9.24. The summed E-state index contributed by atoms with van der Waals surface area (Å²) in [5, 5.41) is 2.62. The minimum Gasteiger partial charge on any atom is -0.355 e. The largest absolute Gasteiger partial charge is 0.416 e. The highest BCUT2D eigenvalue weighted by atomic mass is 32.2. The molecule has 0 aliphatic carbocycles. The number of carbonyl (C=O) groups is 2. The molecular formula is C23H27F4N3O4S. The van der Waals surface area contributed by atoms with E-state index in [9.17, 15) is 35.6 Å². The van der Waals surface area contributed by atoms with E-state index in [-0.39, 0.29) is 25.2 Å². The number of benzene rings is 2. The van der Waals surface area contributed by atoms with Crippen molar-refractivity contribution in [3.8, 4) is 0 Å². The number of hydrogen-bond acceptors (Lipinski definition) is 4.